The molecular formula is C27H43NO2. The predicted octanol–water partition coefficient (Wildman–Crippen LogP) is 5.29. The van der Waals surface area contributed by atoms with Crippen LogP contribution in [0.2, 0.25) is 0 Å². The molecule has 0 amide bonds. The number of aliphatic hydroxyl groups excluding tert-OH is 1. The molecule has 1 spiro atoms. The van der Waals surface area contributed by atoms with Gasteiger partial charge in [-0.2, -0.15) is 0 Å². The Labute approximate surface area is 183 Å². The number of piperidine rings is 1. The number of rotatable bonds is 0. The molecular weight excluding hydrogens is 370 g/mol. The molecule has 3 heteroatoms. The van der Waals surface area contributed by atoms with E-state index in [2.05, 4.69) is 39.1 Å². The Bertz CT molecular complexity index is 739. The summed E-state index contributed by atoms with van der Waals surface area (Å²) in [5.41, 5.74) is 2.33. The molecule has 0 bridgehead atoms. The Kier molecular flexibility index (Phi) is 4.44. The summed E-state index contributed by atoms with van der Waals surface area (Å²) in [7, 11) is 0. The van der Waals surface area contributed by atoms with Crippen LogP contribution in [-0.2, 0) is 4.74 Å². The summed E-state index contributed by atoms with van der Waals surface area (Å²) in [6.07, 6.45) is 13.8. The molecule has 30 heavy (non-hydrogen) atoms. The third-order valence-corrected chi connectivity index (χ3v) is 11.6. The topological polar surface area (TPSA) is 41.5 Å². The minimum atomic E-state index is -0.100. The summed E-state index contributed by atoms with van der Waals surface area (Å²) >= 11 is 0. The SMILES string of the molecule is CC1CC[C@@]2(NC1)O[C@H]1C[C@H]3C4CC=C5CC(O)CCC5(C)[C@H]4CCC3(C)[C@H]1[C@@H]2C. The summed E-state index contributed by atoms with van der Waals surface area (Å²) in [6.45, 7) is 11.2. The summed E-state index contributed by atoms with van der Waals surface area (Å²) in [6, 6.07) is 0. The molecule has 2 aliphatic heterocycles. The van der Waals surface area contributed by atoms with Gasteiger partial charge in [-0.3, -0.25) is 5.32 Å². The maximum Gasteiger partial charge on any atom is 0.122 e. The second kappa shape index (κ2) is 6.58. The van der Waals surface area contributed by atoms with Gasteiger partial charge >= 0.3 is 0 Å². The fraction of sp³-hybridized carbons (Fsp3) is 0.926. The Hall–Kier alpha value is -0.380. The summed E-state index contributed by atoms with van der Waals surface area (Å²) < 4.78 is 7.00. The van der Waals surface area contributed by atoms with E-state index in [-0.39, 0.29) is 11.8 Å². The average molecular weight is 414 g/mol. The molecule has 0 radical (unpaired) electrons. The van der Waals surface area contributed by atoms with Gasteiger partial charge in [-0.1, -0.05) is 39.3 Å². The number of nitrogens with one attached hydrogen (secondary N) is 1. The maximum atomic E-state index is 10.3. The van der Waals surface area contributed by atoms with Crippen molar-refractivity contribution in [3.05, 3.63) is 11.6 Å². The smallest absolute Gasteiger partial charge is 0.122 e. The zero-order chi connectivity index (χ0) is 20.9. The fourth-order valence-corrected chi connectivity index (χ4v) is 9.84. The number of hydrogen-bond donors (Lipinski definition) is 2. The molecule has 2 heterocycles. The van der Waals surface area contributed by atoms with Crippen LogP contribution in [0.15, 0.2) is 11.6 Å². The van der Waals surface area contributed by atoms with E-state index in [4.69, 9.17) is 4.74 Å². The van der Waals surface area contributed by atoms with E-state index in [1.165, 1.54) is 44.9 Å². The van der Waals surface area contributed by atoms with Crippen molar-refractivity contribution in [2.75, 3.05) is 6.54 Å². The van der Waals surface area contributed by atoms with Crippen molar-refractivity contribution in [1.29, 1.82) is 0 Å². The molecule has 2 N–H and O–H groups in total. The van der Waals surface area contributed by atoms with Crippen molar-refractivity contribution < 1.29 is 9.84 Å². The molecule has 6 rings (SSSR count). The lowest BCUT2D eigenvalue weighted by Crippen LogP contribution is -2.57. The molecule has 5 fully saturated rings. The van der Waals surface area contributed by atoms with Crippen molar-refractivity contribution in [2.45, 2.75) is 103 Å². The van der Waals surface area contributed by atoms with Crippen LogP contribution in [0.25, 0.3) is 0 Å². The van der Waals surface area contributed by atoms with Crippen molar-refractivity contribution in [1.82, 2.24) is 5.32 Å². The van der Waals surface area contributed by atoms with Crippen LogP contribution in [0.3, 0.4) is 0 Å². The lowest BCUT2D eigenvalue weighted by Gasteiger charge is -2.58. The van der Waals surface area contributed by atoms with Gasteiger partial charge in [0.1, 0.15) is 5.72 Å². The Morgan fingerprint density at radius 1 is 1.07 bits per heavy atom. The zero-order valence-electron chi connectivity index (χ0n) is 19.6. The fourth-order valence-electron chi connectivity index (χ4n) is 9.84. The summed E-state index contributed by atoms with van der Waals surface area (Å²) in [5.74, 6) is 4.58. The maximum absolute atomic E-state index is 10.3. The molecule has 3 saturated carbocycles. The first kappa shape index (κ1) is 20.2. The minimum Gasteiger partial charge on any atom is -0.393 e. The molecule has 3 nitrogen and oxygen atoms in total. The van der Waals surface area contributed by atoms with E-state index in [1.54, 1.807) is 5.57 Å². The number of hydrogen-bond acceptors (Lipinski definition) is 3. The van der Waals surface area contributed by atoms with E-state index in [0.29, 0.717) is 22.9 Å². The van der Waals surface area contributed by atoms with Crippen LogP contribution in [0, 0.1) is 46.3 Å². The third-order valence-electron chi connectivity index (χ3n) is 11.6. The van der Waals surface area contributed by atoms with E-state index < -0.39 is 0 Å². The quantitative estimate of drug-likeness (QED) is 0.530. The first-order chi connectivity index (χ1) is 14.3. The van der Waals surface area contributed by atoms with Gasteiger partial charge in [0.15, 0.2) is 0 Å². The first-order valence-electron chi connectivity index (χ1n) is 13.1. The van der Waals surface area contributed by atoms with Crippen molar-refractivity contribution in [3.8, 4) is 0 Å². The van der Waals surface area contributed by atoms with Crippen LogP contribution >= 0.6 is 0 Å². The van der Waals surface area contributed by atoms with Crippen LogP contribution in [0.5, 0.6) is 0 Å². The first-order valence-corrected chi connectivity index (χ1v) is 13.1. The number of allylic oxidation sites excluding steroid dienone is 1. The van der Waals surface area contributed by atoms with Gasteiger partial charge in [0, 0.05) is 12.5 Å². The highest BCUT2D eigenvalue weighted by molar-refractivity contribution is 5.26. The van der Waals surface area contributed by atoms with Gasteiger partial charge in [-0.25, -0.2) is 0 Å². The number of fused-ring (bicyclic) bond motifs is 7. The van der Waals surface area contributed by atoms with Gasteiger partial charge in [0.25, 0.3) is 0 Å². The van der Waals surface area contributed by atoms with Gasteiger partial charge in [0.2, 0.25) is 0 Å². The Balaban J connectivity index is 1.28. The highest BCUT2D eigenvalue weighted by atomic mass is 16.5. The predicted molar refractivity (Wildman–Crippen MR) is 120 cm³/mol. The van der Waals surface area contributed by atoms with Crippen LogP contribution in [0.4, 0.5) is 0 Å². The van der Waals surface area contributed by atoms with Gasteiger partial charge in [-0.15, -0.1) is 0 Å². The standard InChI is InChI=1S/C27H43NO2/c1-16-7-12-27(28-15-16)17(2)24-23(30-27)14-22-20-6-5-18-13-19(29)8-10-25(18,3)21(20)9-11-26(22,24)4/h5,16-17,19-24,28-29H,6-15H2,1-4H3/t16?,17-,19?,20?,21-,22-,23-,24-,25?,26?,27+/m0/s1. The van der Waals surface area contributed by atoms with E-state index >= 15 is 0 Å². The summed E-state index contributed by atoms with van der Waals surface area (Å²) in [5, 5.41) is 14.1. The lowest BCUT2D eigenvalue weighted by atomic mass is 9.47. The van der Waals surface area contributed by atoms with E-state index in [1.807, 2.05) is 0 Å². The second-order valence-electron chi connectivity index (χ2n) is 12.8. The van der Waals surface area contributed by atoms with Gasteiger partial charge in [-0.05, 0) is 98.2 Å². The van der Waals surface area contributed by atoms with E-state index in [9.17, 15) is 5.11 Å². The van der Waals surface area contributed by atoms with Gasteiger partial charge < -0.3 is 9.84 Å². The monoisotopic (exact) mass is 413 g/mol. The van der Waals surface area contributed by atoms with Crippen molar-refractivity contribution in [3.63, 3.8) is 0 Å². The molecule has 4 aliphatic carbocycles. The highest BCUT2D eigenvalue weighted by Gasteiger charge is 2.68. The van der Waals surface area contributed by atoms with E-state index in [0.717, 1.165) is 49.0 Å². The highest BCUT2D eigenvalue weighted by Crippen LogP contribution is 2.70. The molecule has 0 aromatic carbocycles. The van der Waals surface area contributed by atoms with Crippen LogP contribution in [0.1, 0.15) is 85.5 Å². The van der Waals surface area contributed by atoms with Crippen LogP contribution < -0.4 is 5.32 Å². The number of ether oxygens (including phenoxy) is 1. The summed E-state index contributed by atoms with van der Waals surface area (Å²) in [4.78, 5) is 0. The number of aliphatic hydroxyl groups is 1. The normalized spacial score (nSPS) is 59.8. The van der Waals surface area contributed by atoms with Gasteiger partial charge in [0.05, 0.1) is 12.2 Å². The Morgan fingerprint density at radius 3 is 2.67 bits per heavy atom. The van der Waals surface area contributed by atoms with Crippen LogP contribution in [-0.4, -0.2) is 29.6 Å². The third kappa shape index (κ3) is 2.55. The van der Waals surface area contributed by atoms with Crippen molar-refractivity contribution >= 4 is 0 Å². The molecule has 0 aromatic heterocycles. The zero-order valence-corrected chi connectivity index (χ0v) is 19.6. The molecule has 168 valence electrons. The minimum absolute atomic E-state index is 0.0439. The molecule has 6 aliphatic rings. The molecule has 0 aromatic rings. The average Bonchev–Trinajstić information content (AvgIpc) is 3.16. The molecule has 2 saturated heterocycles. The largest absolute Gasteiger partial charge is 0.393 e. The molecule has 5 unspecified atom stereocenters. The van der Waals surface area contributed by atoms with Crippen molar-refractivity contribution in [2.24, 2.45) is 46.3 Å². The second-order valence-corrected chi connectivity index (χ2v) is 12.8. The lowest BCUT2D eigenvalue weighted by molar-refractivity contribution is -0.115. The molecule has 11 atom stereocenters. The Morgan fingerprint density at radius 2 is 1.90 bits per heavy atom.